The van der Waals surface area contributed by atoms with Gasteiger partial charge in [-0.15, -0.1) is 11.8 Å². The largest absolute Gasteiger partial charge is 0.468 e. The summed E-state index contributed by atoms with van der Waals surface area (Å²) in [4.78, 5) is 0. The van der Waals surface area contributed by atoms with E-state index in [-0.39, 0.29) is 12.2 Å². The van der Waals surface area contributed by atoms with E-state index in [1.54, 1.807) is 18.9 Å². The zero-order chi connectivity index (χ0) is 11.3. The lowest BCUT2D eigenvalue weighted by Crippen LogP contribution is -2.06. The van der Waals surface area contributed by atoms with E-state index in [9.17, 15) is 0 Å². The van der Waals surface area contributed by atoms with Gasteiger partial charge in [0.1, 0.15) is 5.75 Å². The number of rotatable bonds is 5. The SMILES string of the molecule is COCOc1cc(C)cc(C(N)SC)c1. The number of methoxy groups -OCH3 is 1. The Bertz CT molecular complexity index is 317. The molecule has 1 atom stereocenters. The maximum absolute atomic E-state index is 5.94. The average Bonchev–Trinajstić information content (AvgIpc) is 2.24. The fourth-order valence-electron chi connectivity index (χ4n) is 1.29. The predicted molar refractivity (Wildman–Crippen MR) is 64.1 cm³/mol. The number of benzene rings is 1. The van der Waals surface area contributed by atoms with Crippen LogP contribution in [0.4, 0.5) is 0 Å². The molecule has 4 heteroatoms. The molecule has 0 heterocycles. The van der Waals surface area contributed by atoms with E-state index in [4.69, 9.17) is 15.2 Å². The highest BCUT2D eigenvalue weighted by molar-refractivity contribution is 7.98. The maximum atomic E-state index is 5.94. The Morgan fingerprint density at radius 2 is 2.13 bits per heavy atom. The van der Waals surface area contributed by atoms with E-state index in [0.717, 1.165) is 16.9 Å². The Kier molecular flexibility index (Phi) is 4.94. The third-order valence-electron chi connectivity index (χ3n) is 2.00. The highest BCUT2D eigenvalue weighted by Gasteiger charge is 2.06. The summed E-state index contributed by atoms with van der Waals surface area (Å²) in [7, 11) is 1.60. The summed E-state index contributed by atoms with van der Waals surface area (Å²) in [6.45, 7) is 2.29. The van der Waals surface area contributed by atoms with Crippen LogP contribution in [0.1, 0.15) is 16.5 Å². The minimum atomic E-state index is -0.00482. The Hall–Kier alpha value is -0.710. The van der Waals surface area contributed by atoms with E-state index in [2.05, 4.69) is 6.07 Å². The highest BCUT2D eigenvalue weighted by atomic mass is 32.2. The van der Waals surface area contributed by atoms with E-state index in [1.807, 2.05) is 25.3 Å². The monoisotopic (exact) mass is 227 g/mol. The first-order valence-electron chi connectivity index (χ1n) is 4.69. The number of nitrogens with two attached hydrogens (primary N) is 1. The number of hydrogen-bond acceptors (Lipinski definition) is 4. The van der Waals surface area contributed by atoms with Gasteiger partial charge in [0, 0.05) is 7.11 Å². The van der Waals surface area contributed by atoms with Crippen molar-refractivity contribution in [3.8, 4) is 5.75 Å². The standard InChI is InChI=1S/C11H17NO2S/c1-8-4-9(11(12)15-3)6-10(5-8)14-7-13-2/h4-6,11H,7,12H2,1-3H3. The molecule has 0 bridgehead atoms. The van der Waals surface area contributed by atoms with Crippen molar-refractivity contribution in [1.82, 2.24) is 0 Å². The Balaban J connectivity index is 2.84. The fourth-order valence-corrected chi connectivity index (χ4v) is 1.70. The molecule has 1 unspecified atom stereocenters. The molecule has 0 aliphatic heterocycles. The number of thioether (sulfide) groups is 1. The van der Waals surface area contributed by atoms with Crippen LogP contribution in [0.15, 0.2) is 18.2 Å². The molecule has 0 radical (unpaired) electrons. The third kappa shape index (κ3) is 3.74. The Morgan fingerprint density at radius 3 is 2.73 bits per heavy atom. The molecular weight excluding hydrogens is 210 g/mol. The van der Waals surface area contributed by atoms with Crippen LogP contribution in [0.25, 0.3) is 0 Å². The molecule has 0 saturated carbocycles. The summed E-state index contributed by atoms with van der Waals surface area (Å²) in [5.41, 5.74) is 8.16. The first kappa shape index (κ1) is 12.4. The molecule has 0 saturated heterocycles. The van der Waals surface area contributed by atoms with Crippen LogP contribution < -0.4 is 10.5 Å². The van der Waals surface area contributed by atoms with Gasteiger partial charge >= 0.3 is 0 Å². The first-order valence-corrected chi connectivity index (χ1v) is 5.98. The lowest BCUT2D eigenvalue weighted by Gasteiger charge is -2.12. The molecule has 0 aliphatic carbocycles. The normalized spacial score (nSPS) is 12.5. The second kappa shape index (κ2) is 6.00. The maximum Gasteiger partial charge on any atom is 0.188 e. The van der Waals surface area contributed by atoms with E-state index in [0.29, 0.717) is 0 Å². The van der Waals surface area contributed by atoms with Crippen molar-refractivity contribution in [3.63, 3.8) is 0 Å². The van der Waals surface area contributed by atoms with Gasteiger partial charge in [0.2, 0.25) is 0 Å². The molecule has 3 nitrogen and oxygen atoms in total. The molecule has 0 fully saturated rings. The molecular formula is C11H17NO2S. The summed E-state index contributed by atoms with van der Waals surface area (Å²) in [6, 6.07) is 5.99. The van der Waals surface area contributed by atoms with E-state index in [1.165, 1.54) is 0 Å². The molecule has 84 valence electrons. The van der Waals surface area contributed by atoms with Crippen LogP contribution >= 0.6 is 11.8 Å². The lowest BCUT2D eigenvalue weighted by atomic mass is 10.1. The van der Waals surface area contributed by atoms with Gasteiger partial charge in [0.05, 0.1) is 5.37 Å². The molecule has 0 aromatic heterocycles. The molecule has 1 aromatic carbocycles. The van der Waals surface area contributed by atoms with Crippen molar-refractivity contribution < 1.29 is 9.47 Å². The van der Waals surface area contributed by atoms with Crippen molar-refractivity contribution in [3.05, 3.63) is 29.3 Å². The summed E-state index contributed by atoms with van der Waals surface area (Å²) < 4.78 is 10.2. The van der Waals surface area contributed by atoms with Crippen molar-refractivity contribution in [2.45, 2.75) is 12.3 Å². The third-order valence-corrected chi connectivity index (χ3v) is 2.78. The topological polar surface area (TPSA) is 44.5 Å². The van der Waals surface area contributed by atoms with Gasteiger partial charge in [0.25, 0.3) is 0 Å². The summed E-state index contributed by atoms with van der Waals surface area (Å²) >= 11 is 1.61. The second-order valence-corrected chi connectivity index (χ2v) is 4.27. The summed E-state index contributed by atoms with van der Waals surface area (Å²) in [5, 5.41) is -0.00482. The van der Waals surface area contributed by atoms with Crippen LogP contribution in [0.2, 0.25) is 0 Å². The van der Waals surface area contributed by atoms with Crippen LogP contribution in [0, 0.1) is 6.92 Å². The van der Waals surface area contributed by atoms with Gasteiger partial charge in [-0.25, -0.2) is 0 Å². The lowest BCUT2D eigenvalue weighted by molar-refractivity contribution is 0.0510. The molecule has 2 N–H and O–H groups in total. The van der Waals surface area contributed by atoms with Gasteiger partial charge in [-0.3, -0.25) is 0 Å². The molecule has 0 amide bonds. The average molecular weight is 227 g/mol. The number of ether oxygens (including phenoxy) is 2. The Morgan fingerprint density at radius 1 is 1.40 bits per heavy atom. The van der Waals surface area contributed by atoms with Crippen LogP contribution in [-0.2, 0) is 4.74 Å². The quantitative estimate of drug-likeness (QED) is 0.784. The fraction of sp³-hybridized carbons (Fsp3) is 0.455. The zero-order valence-electron chi connectivity index (χ0n) is 9.32. The number of aryl methyl sites for hydroxylation is 1. The van der Waals surface area contributed by atoms with Crippen LogP contribution in [0.5, 0.6) is 5.75 Å². The minimum Gasteiger partial charge on any atom is -0.468 e. The van der Waals surface area contributed by atoms with Crippen molar-refractivity contribution >= 4 is 11.8 Å². The summed E-state index contributed by atoms with van der Waals surface area (Å²) in [5.74, 6) is 0.802. The molecule has 1 aromatic rings. The molecule has 0 aliphatic rings. The smallest absolute Gasteiger partial charge is 0.188 e. The zero-order valence-corrected chi connectivity index (χ0v) is 10.1. The van der Waals surface area contributed by atoms with E-state index < -0.39 is 0 Å². The van der Waals surface area contributed by atoms with Gasteiger partial charge in [-0.1, -0.05) is 6.07 Å². The molecule has 0 spiro atoms. The second-order valence-electron chi connectivity index (χ2n) is 3.29. The van der Waals surface area contributed by atoms with Gasteiger partial charge in [-0.2, -0.15) is 0 Å². The first-order chi connectivity index (χ1) is 7.17. The number of hydrogen-bond donors (Lipinski definition) is 1. The van der Waals surface area contributed by atoms with Crippen molar-refractivity contribution in [2.75, 3.05) is 20.2 Å². The molecule has 1 rings (SSSR count). The highest BCUT2D eigenvalue weighted by Crippen LogP contribution is 2.26. The van der Waals surface area contributed by atoms with Gasteiger partial charge < -0.3 is 15.2 Å². The summed E-state index contributed by atoms with van der Waals surface area (Å²) in [6.07, 6.45) is 1.99. The predicted octanol–water partition coefficient (Wildman–Crippen LogP) is 2.30. The van der Waals surface area contributed by atoms with Gasteiger partial charge in [-0.05, 0) is 36.4 Å². The van der Waals surface area contributed by atoms with Crippen molar-refractivity contribution in [1.29, 1.82) is 0 Å². The van der Waals surface area contributed by atoms with Crippen LogP contribution in [0.3, 0.4) is 0 Å². The van der Waals surface area contributed by atoms with E-state index >= 15 is 0 Å². The minimum absolute atomic E-state index is 0.00482. The van der Waals surface area contributed by atoms with Crippen LogP contribution in [-0.4, -0.2) is 20.2 Å². The van der Waals surface area contributed by atoms with Crippen molar-refractivity contribution in [2.24, 2.45) is 5.73 Å². The molecule has 15 heavy (non-hydrogen) atoms. The Labute approximate surface area is 94.9 Å². The van der Waals surface area contributed by atoms with Gasteiger partial charge in [0.15, 0.2) is 6.79 Å².